The number of amides is 1. The van der Waals surface area contributed by atoms with Gasteiger partial charge in [-0.05, 0) is 25.6 Å². The first-order chi connectivity index (χ1) is 8.60. The van der Waals surface area contributed by atoms with Crippen LogP contribution in [-0.4, -0.2) is 32.6 Å². The number of anilines is 1. The molecule has 2 N–H and O–H groups in total. The molecular weight excluding hydrogens is 232 g/mol. The average molecular weight is 250 g/mol. The van der Waals surface area contributed by atoms with Crippen molar-refractivity contribution >= 4 is 17.6 Å². The van der Waals surface area contributed by atoms with Crippen molar-refractivity contribution in [2.45, 2.75) is 13.3 Å². The molecule has 0 saturated carbocycles. The van der Waals surface area contributed by atoms with E-state index in [2.05, 4.69) is 10.6 Å². The quantitative estimate of drug-likeness (QED) is 0.774. The largest absolute Gasteiger partial charge is 0.465 e. The molecule has 5 nitrogen and oxygen atoms in total. The molecule has 0 saturated heterocycles. The molecule has 0 fully saturated rings. The second-order valence-electron chi connectivity index (χ2n) is 3.89. The van der Waals surface area contributed by atoms with Crippen LogP contribution in [0.4, 0.5) is 5.69 Å². The summed E-state index contributed by atoms with van der Waals surface area (Å²) in [4.78, 5) is 23.3. The van der Waals surface area contributed by atoms with Gasteiger partial charge in [0.2, 0.25) is 5.91 Å². The maximum absolute atomic E-state index is 11.7. The summed E-state index contributed by atoms with van der Waals surface area (Å²) in [5.41, 5.74) is 1.66. The fraction of sp³-hybridized carbons (Fsp3) is 0.385. The highest BCUT2D eigenvalue weighted by Crippen LogP contribution is 2.20. The summed E-state index contributed by atoms with van der Waals surface area (Å²) in [6.07, 6.45) is 0.352. The minimum absolute atomic E-state index is 0.139. The predicted molar refractivity (Wildman–Crippen MR) is 69.7 cm³/mol. The summed E-state index contributed by atoms with van der Waals surface area (Å²) in [5.74, 6) is -0.586. The van der Waals surface area contributed by atoms with E-state index in [0.717, 1.165) is 5.56 Å². The maximum Gasteiger partial charge on any atom is 0.340 e. The Bertz CT molecular complexity index is 444. The maximum atomic E-state index is 11.7. The van der Waals surface area contributed by atoms with Crippen LogP contribution in [0.5, 0.6) is 0 Å². The van der Waals surface area contributed by atoms with Crippen LogP contribution in [0.25, 0.3) is 0 Å². The lowest BCUT2D eigenvalue weighted by Gasteiger charge is -2.11. The molecule has 0 aliphatic rings. The number of carbonyl (C=O) groups is 2. The van der Waals surface area contributed by atoms with Crippen molar-refractivity contribution in [1.29, 1.82) is 0 Å². The van der Waals surface area contributed by atoms with Crippen molar-refractivity contribution in [1.82, 2.24) is 5.32 Å². The third-order valence-corrected chi connectivity index (χ3v) is 2.54. The number of hydrogen-bond acceptors (Lipinski definition) is 4. The number of rotatable bonds is 5. The van der Waals surface area contributed by atoms with Gasteiger partial charge in [-0.3, -0.25) is 4.79 Å². The molecule has 1 aromatic rings. The zero-order valence-corrected chi connectivity index (χ0v) is 10.9. The smallest absolute Gasteiger partial charge is 0.340 e. The Labute approximate surface area is 107 Å². The lowest BCUT2D eigenvalue weighted by Crippen LogP contribution is -2.20. The molecule has 5 heteroatoms. The predicted octanol–water partition coefficient (Wildman–Crippen LogP) is 1.33. The van der Waals surface area contributed by atoms with Crippen LogP contribution in [0.2, 0.25) is 0 Å². The van der Waals surface area contributed by atoms with E-state index in [-0.39, 0.29) is 5.91 Å². The van der Waals surface area contributed by atoms with Crippen molar-refractivity contribution in [2.75, 3.05) is 26.0 Å². The van der Waals surface area contributed by atoms with E-state index in [1.165, 1.54) is 7.11 Å². The number of hydrogen-bond donors (Lipinski definition) is 2. The molecule has 98 valence electrons. The van der Waals surface area contributed by atoms with Gasteiger partial charge in [-0.2, -0.15) is 0 Å². The zero-order chi connectivity index (χ0) is 13.5. The highest BCUT2D eigenvalue weighted by molar-refractivity contribution is 6.02. The Morgan fingerprint density at radius 1 is 1.33 bits per heavy atom. The average Bonchev–Trinajstić information content (AvgIpc) is 2.35. The molecule has 18 heavy (non-hydrogen) atoms. The fourth-order valence-corrected chi connectivity index (χ4v) is 1.60. The highest BCUT2D eigenvalue weighted by atomic mass is 16.5. The Hall–Kier alpha value is -1.88. The van der Waals surface area contributed by atoms with E-state index in [0.29, 0.717) is 24.2 Å². The van der Waals surface area contributed by atoms with E-state index in [1.807, 2.05) is 0 Å². The summed E-state index contributed by atoms with van der Waals surface area (Å²) in [6, 6.07) is 5.28. The van der Waals surface area contributed by atoms with Crippen LogP contribution in [0.15, 0.2) is 18.2 Å². The topological polar surface area (TPSA) is 67.4 Å². The lowest BCUT2D eigenvalue weighted by molar-refractivity contribution is -0.116. The molecule has 1 rings (SSSR count). The Kier molecular flexibility index (Phi) is 5.32. The van der Waals surface area contributed by atoms with E-state index >= 15 is 0 Å². The van der Waals surface area contributed by atoms with Crippen LogP contribution in [0.3, 0.4) is 0 Å². The van der Waals surface area contributed by atoms with Crippen LogP contribution in [0.1, 0.15) is 22.3 Å². The summed E-state index contributed by atoms with van der Waals surface area (Å²) in [5, 5.41) is 5.61. The number of carbonyl (C=O) groups excluding carboxylic acids is 2. The Balaban J connectivity index is 2.91. The van der Waals surface area contributed by atoms with Gasteiger partial charge in [0.15, 0.2) is 0 Å². The molecule has 0 aliphatic carbocycles. The van der Waals surface area contributed by atoms with E-state index in [4.69, 9.17) is 4.74 Å². The van der Waals surface area contributed by atoms with Crippen LogP contribution >= 0.6 is 0 Å². The summed E-state index contributed by atoms with van der Waals surface area (Å²) < 4.78 is 4.72. The standard InChI is InChI=1S/C13H18N2O3/c1-9-5-4-6-10(12(9)13(17)18-3)15-11(16)7-8-14-2/h4-6,14H,7-8H2,1-3H3,(H,15,16). The molecular formula is C13H18N2O3. The number of aryl methyl sites for hydroxylation is 1. The van der Waals surface area contributed by atoms with Crippen LogP contribution in [0, 0.1) is 6.92 Å². The second-order valence-corrected chi connectivity index (χ2v) is 3.89. The van der Waals surface area contributed by atoms with Crippen LogP contribution in [-0.2, 0) is 9.53 Å². The van der Waals surface area contributed by atoms with Crippen molar-refractivity contribution < 1.29 is 14.3 Å². The monoisotopic (exact) mass is 250 g/mol. The first-order valence-electron chi connectivity index (χ1n) is 5.72. The highest BCUT2D eigenvalue weighted by Gasteiger charge is 2.15. The van der Waals surface area contributed by atoms with Gasteiger partial charge in [-0.25, -0.2) is 4.79 Å². The van der Waals surface area contributed by atoms with Crippen molar-refractivity contribution in [2.24, 2.45) is 0 Å². The minimum atomic E-state index is -0.447. The fourth-order valence-electron chi connectivity index (χ4n) is 1.60. The molecule has 0 atom stereocenters. The lowest BCUT2D eigenvalue weighted by atomic mass is 10.1. The zero-order valence-electron chi connectivity index (χ0n) is 10.9. The molecule has 0 aromatic heterocycles. The first-order valence-corrected chi connectivity index (χ1v) is 5.72. The van der Waals surface area contributed by atoms with Gasteiger partial charge >= 0.3 is 5.97 Å². The molecule has 0 heterocycles. The van der Waals surface area contributed by atoms with Crippen molar-refractivity contribution in [3.05, 3.63) is 29.3 Å². The minimum Gasteiger partial charge on any atom is -0.465 e. The summed E-state index contributed by atoms with van der Waals surface area (Å²) >= 11 is 0. The molecule has 0 bridgehead atoms. The van der Waals surface area contributed by atoms with Gasteiger partial charge in [0.1, 0.15) is 0 Å². The summed E-state index contributed by atoms with van der Waals surface area (Å²) in [7, 11) is 3.10. The third-order valence-electron chi connectivity index (χ3n) is 2.54. The molecule has 0 unspecified atom stereocenters. The molecule has 0 aliphatic heterocycles. The third kappa shape index (κ3) is 3.56. The molecule has 0 radical (unpaired) electrons. The van der Waals surface area contributed by atoms with Gasteiger partial charge in [-0.15, -0.1) is 0 Å². The first kappa shape index (κ1) is 14.2. The van der Waals surface area contributed by atoms with Gasteiger partial charge in [0.25, 0.3) is 0 Å². The molecule has 1 aromatic carbocycles. The van der Waals surface area contributed by atoms with E-state index in [9.17, 15) is 9.59 Å². The molecule has 1 amide bonds. The van der Waals surface area contributed by atoms with Gasteiger partial charge in [0.05, 0.1) is 18.4 Å². The van der Waals surface area contributed by atoms with E-state index < -0.39 is 5.97 Å². The number of methoxy groups -OCH3 is 1. The van der Waals surface area contributed by atoms with Crippen molar-refractivity contribution in [3.8, 4) is 0 Å². The normalized spacial score (nSPS) is 9.94. The van der Waals surface area contributed by atoms with Gasteiger partial charge < -0.3 is 15.4 Å². The Morgan fingerprint density at radius 2 is 2.06 bits per heavy atom. The number of nitrogens with one attached hydrogen (secondary N) is 2. The number of esters is 1. The number of ether oxygens (including phenoxy) is 1. The second kappa shape index (κ2) is 6.76. The molecule has 0 spiro atoms. The van der Waals surface area contributed by atoms with Gasteiger partial charge in [0, 0.05) is 13.0 Å². The van der Waals surface area contributed by atoms with Crippen molar-refractivity contribution in [3.63, 3.8) is 0 Å². The van der Waals surface area contributed by atoms with E-state index in [1.54, 1.807) is 32.2 Å². The Morgan fingerprint density at radius 3 is 2.67 bits per heavy atom. The van der Waals surface area contributed by atoms with Gasteiger partial charge in [-0.1, -0.05) is 12.1 Å². The number of benzene rings is 1. The summed E-state index contributed by atoms with van der Waals surface area (Å²) in [6.45, 7) is 2.39. The SMILES string of the molecule is CNCCC(=O)Nc1cccc(C)c1C(=O)OC. The van der Waals surface area contributed by atoms with Crippen LogP contribution < -0.4 is 10.6 Å².